The second-order valence-corrected chi connectivity index (χ2v) is 3.44. The highest BCUT2D eigenvalue weighted by atomic mass is 15.0. The van der Waals surface area contributed by atoms with Gasteiger partial charge < -0.3 is 0 Å². The van der Waals surface area contributed by atoms with Crippen LogP contribution >= 0.6 is 0 Å². The van der Waals surface area contributed by atoms with Crippen molar-refractivity contribution in [1.29, 1.82) is 0 Å². The summed E-state index contributed by atoms with van der Waals surface area (Å²) in [6, 6.07) is 0. The van der Waals surface area contributed by atoms with Crippen LogP contribution in [0.15, 0.2) is 0 Å². The molecule has 0 unspecified atom stereocenters. The Morgan fingerprint density at radius 2 is 0.714 bits per heavy atom. The first-order valence-electron chi connectivity index (χ1n) is 4.54. The maximum atomic E-state index is 4.34. The zero-order valence-electron chi connectivity index (χ0n) is 8.79. The van der Waals surface area contributed by atoms with Gasteiger partial charge in [0.25, 0.3) is 0 Å². The van der Waals surface area contributed by atoms with Crippen LogP contribution < -0.4 is 0 Å². The maximum absolute atomic E-state index is 4.34. The molecule has 0 saturated carbocycles. The van der Waals surface area contributed by atoms with E-state index in [1.807, 2.05) is 27.7 Å². The van der Waals surface area contributed by atoms with Gasteiger partial charge in [0.05, 0.1) is 22.8 Å². The molecule has 2 aromatic heterocycles. The molecule has 0 saturated heterocycles. The Balaban J connectivity index is 2.83. The van der Waals surface area contributed by atoms with Gasteiger partial charge in [-0.05, 0) is 27.7 Å². The number of aromatic nitrogens is 4. The van der Waals surface area contributed by atoms with Gasteiger partial charge in [0.15, 0.2) is 11.3 Å². The summed E-state index contributed by atoms with van der Waals surface area (Å²) in [4.78, 5) is 17.4. The third-order valence-corrected chi connectivity index (χ3v) is 2.34. The molecule has 2 aromatic rings. The van der Waals surface area contributed by atoms with Crippen LogP contribution in [-0.4, -0.2) is 19.9 Å². The topological polar surface area (TPSA) is 51.6 Å². The van der Waals surface area contributed by atoms with Crippen LogP contribution in [0.3, 0.4) is 0 Å². The van der Waals surface area contributed by atoms with Crippen LogP contribution in [0.2, 0.25) is 0 Å². The minimum Gasteiger partial charge on any atom is -0.229 e. The largest absolute Gasteiger partial charge is 0.229 e. The highest BCUT2D eigenvalue weighted by molar-refractivity contribution is 5.65. The van der Waals surface area contributed by atoms with E-state index in [-0.39, 0.29) is 0 Å². The van der Waals surface area contributed by atoms with Crippen LogP contribution in [0.5, 0.6) is 0 Å². The molecule has 4 nitrogen and oxygen atoms in total. The molecule has 0 aliphatic carbocycles. The number of nitrogens with zero attached hydrogens (tertiary/aromatic N) is 4. The van der Waals surface area contributed by atoms with Gasteiger partial charge >= 0.3 is 0 Å². The zero-order valence-corrected chi connectivity index (χ0v) is 8.79. The predicted octanol–water partition coefficient (Wildman–Crippen LogP) is 1.65. The van der Waals surface area contributed by atoms with Crippen LogP contribution in [0.25, 0.3) is 11.3 Å². The fourth-order valence-electron chi connectivity index (χ4n) is 1.21. The molecular weight excluding hydrogens is 176 g/mol. The van der Waals surface area contributed by atoms with E-state index in [2.05, 4.69) is 19.9 Å². The molecule has 0 aromatic carbocycles. The molecule has 0 amide bonds. The maximum Gasteiger partial charge on any atom is 0.198 e. The van der Waals surface area contributed by atoms with E-state index in [1.165, 1.54) is 0 Å². The van der Waals surface area contributed by atoms with Crippen molar-refractivity contribution in [3.8, 4) is 0 Å². The minimum atomic E-state index is 0.635. The van der Waals surface area contributed by atoms with Crippen LogP contribution in [0.4, 0.5) is 0 Å². The van der Waals surface area contributed by atoms with Gasteiger partial charge in [-0.1, -0.05) is 0 Å². The Labute approximate surface area is 82.5 Å². The Kier molecular flexibility index (Phi) is 1.91. The normalized spacial score (nSPS) is 10.9. The van der Waals surface area contributed by atoms with Gasteiger partial charge in [-0.2, -0.15) is 0 Å². The highest BCUT2D eigenvalue weighted by Crippen LogP contribution is 2.10. The van der Waals surface area contributed by atoms with Gasteiger partial charge in [-0.3, -0.25) is 0 Å². The van der Waals surface area contributed by atoms with Crippen LogP contribution in [0, 0.1) is 27.7 Å². The molecule has 2 rings (SSSR count). The van der Waals surface area contributed by atoms with Gasteiger partial charge in [0.2, 0.25) is 0 Å². The molecule has 0 aliphatic rings. The van der Waals surface area contributed by atoms with Crippen molar-refractivity contribution in [1.82, 2.24) is 19.9 Å². The minimum absolute atomic E-state index is 0.635. The fourth-order valence-corrected chi connectivity index (χ4v) is 1.21. The van der Waals surface area contributed by atoms with E-state index in [4.69, 9.17) is 0 Å². The van der Waals surface area contributed by atoms with Gasteiger partial charge in [0.1, 0.15) is 0 Å². The van der Waals surface area contributed by atoms with Gasteiger partial charge in [0, 0.05) is 0 Å². The standard InChI is InChI=1S/C10H12N4/c1-5-6(2)12-10-9(11-5)13-7(3)8(4)14-10/h1-4H3. The number of aryl methyl sites for hydroxylation is 4. The predicted molar refractivity (Wildman–Crippen MR) is 54.1 cm³/mol. The van der Waals surface area contributed by atoms with Crippen molar-refractivity contribution in [3.63, 3.8) is 0 Å². The molecule has 72 valence electrons. The molecule has 0 aliphatic heterocycles. The lowest BCUT2D eigenvalue weighted by atomic mass is 10.3. The Morgan fingerprint density at radius 3 is 0.929 bits per heavy atom. The summed E-state index contributed by atoms with van der Waals surface area (Å²) < 4.78 is 0. The van der Waals surface area contributed by atoms with Crippen LogP contribution in [-0.2, 0) is 0 Å². The second kappa shape index (κ2) is 2.97. The Hall–Kier alpha value is -1.58. The summed E-state index contributed by atoms with van der Waals surface area (Å²) in [5.41, 5.74) is 4.92. The number of fused-ring (bicyclic) bond motifs is 1. The van der Waals surface area contributed by atoms with E-state index in [9.17, 15) is 0 Å². The number of rotatable bonds is 0. The van der Waals surface area contributed by atoms with E-state index in [1.54, 1.807) is 0 Å². The Morgan fingerprint density at radius 1 is 0.500 bits per heavy atom. The SMILES string of the molecule is Cc1nc2nc(C)c(C)nc2nc1C. The van der Waals surface area contributed by atoms with Gasteiger partial charge in [-0.25, -0.2) is 19.9 Å². The molecule has 0 bridgehead atoms. The second-order valence-electron chi connectivity index (χ2n) is 3.44. The van der Waals surface area contributed by atoms with Crippen molar-refractivity contribution in [3.05, 3.63) is 22.8 Å². The van der Waals surface area contributed by atoms with Crippen molar-refractivity contribution in [2.75, 3.05) is 0 Å². The molecule has 0 fully saturated rings. The summed E-state index contributed by atoms with van der Waals surface area (Å²) in [6.07, 6.45) is 0. The molecule has 2 heterocycles. The first kappa shape index (κ1) is 8.99. The van der Waals surface area contributed by atoms with E-state index in [0.717, 1.165) is 22.8 Å². The highest BCUT2D eigenvalue weighted by Gasteiger charge is 2.05. The summed E-state index contributed by atoms with van der Waals surface area (Å²) in [5, 5.41) is 0. The summed E-state index contributed by atoms with van der Waals surface area (Å²) in [5.74, 6) is 0. The molecule has 0 spiro atoms. The molecule has 0 atom stereocenters. The lowest BCUT2D eigenvalue weighted by Crippen LogP contribution is -2.01. The van der Waals surface area contributed by atoms with E-state index >= 15 is 0 Å². The molecule has 0 radical (unpaired) electrons. The summed E-state index contributed by atoms with van der Waals surface area (Å²) in [7, 11) is 0. The van der Waals surface area contributed by atoms with Crippen molar-refractivity contribution in [2.45, 2.75) is 27.7 Å². The van der Waals surface area contributed by atoms with Crippen LogP contribution in [0.1, 0.15) is 22.8 Å². The zero-order chi connectivity index (χ0) is 10.3. The molecular formula is C10H12N4. The average molecular weight is 188 g/mol. The summed E-state index contributed by atoms with van der Waals surface area (Å²) in [6.45, 7) is 7.72. The lowest BCUT2D eigenvalue weighted by Gasteiger charge is -2.03. The number of hydrogen-bond acceptors (Lipinski definition) is 4. The number of hydrogen-bond donors (Lipinski definition) is 0. The van der Waals surface area contributed by atoms with Crippen molar-refractivity contribution < 1.29 is 0 Å². The average Bonchev–Trinajstić information content (AvgIpc) is 2.11. The molecule has 0 N–H and O–H groups in total. The quantitative estimate of drug-likeness (QED) is 0.630. The third-order valence-electron chi connectivity index (χ3n) is 2.34. The summed E-state index contributed by atoms with van der Waals surface area (Å²) >= 11 is 0. The Bertz CT molecular complexity index is 416. The van der Waals surface area contributed by atoms with E-state index < -0.39 is 0 Å². The van der Waals surface area contributed by atoms with Crippen molar-refractivity contribution >= 4 is 11.3 Å². The first-order chi connectivity index (χ1) is 6.58. The van der Waals surface area contributed by atoms with Crippen molar-refractivity contribution in [2.24, 2.45) is 0 Å². The molecule has 4 heteroatoms. The first-order valence-corrected chi connectivity index (χ1v) is 4.54. The molecule has 14 heavy (non-hydrogen) atoms. The smallest absolute Gasteiger partial charge is 0.198 e. The monoisotopic (exact) mass is 188 g/mol. The van der Waals surface area contributed by atoms with E-state index in [0.29, 0.717) is 11.3 Å². The van der Waals surface area contributed by atoms with Gasteiger partial charge in [-0.15, -0.1) is 0 Å². The lowest BCUT2D eigenvalue weighted by molar-refractivity contribution is 1.01. The fraction of sp³-hybridized carbons (Fsp3) is 0.400. The third kappa shape index (κ3) is 1.32.